The molecule has 1 fully saturated rings. The van der Waals surface area contributed by atoms with Crippen molar-refractivity contribution >= 4 is 30.8 Å². The second kappa shape index (κ2) is 11.1. The van der Waals surface area contributed by atoms with Crippen LogP contribution in [-0.2, 0) is 9.53 Å². The molecule has 0 spiro atoms. The monoisotopic (exact) mass is 286 g/mol. The number of nitrogens with zero attached hydrogens (tertiary/aromatic N) is 1. The Hall–Kier alpha value is -0.0300. The molecule has 1 aliphatic heterocycles. The Balaban J connectivity index is 0. The van der Waals surface area contributed by atoms with Crippen LogP contribution in [0.5, 0.6) is 0 Å². The first kappa shape index (κ1) is 19.3. The molecule has 0 aromatic heterocycles. The second-order valence-corrected chi connectivity index (χ2v) is 4.10. The van der Waals surface area contributed by atoms with E-state index in [1.807, 2.05) is 6.92 Å². The van der Waals surface area contributed by atoms with Crippen LogP contribution in [0.4, 0.5) is 0 Å². The summed E-state index contributed by atoms with van der Waals surface area (Å²) in [6, 6.07) is 0. The number of ether oxygens (including phenoxy) is 1. The molecular weight excluding hydrogens is 263 g/mol. The summed E-state index contributed by atoms with van der Waals surface area (Å²) in [5.41, 5.74) is 5.53. The quantitative estimate of drug-likeness (QED) is 0.778. The summed E-state index contributed by atoms with van der Waals surface area (Å²) in [6.07, 6.45) is 3.44. The van der Waals surface area contributed by atoms with E-state index in [1.54, 1.807) is 0 Å². The zero-order valence-electron chi connectivity index (χ0n) is 10.4. The molecule has 104 valence electrons. The Morgan fingerprint density at radius 2 is 1.94 bits per heavy atom. The SMILES string of the molecule is CCOC(=O)CN1CCC(CCN)CC1.Cl.Cl. The van der Waals surface area contributed by atoms with Gasteiger partial charge in [-0.3, -0.25) is 9.69 Å². The molecule has 0 radical (unpaired) electrons. The van der Waals surface area contributed by atoms with Crippen molar-refractivity contribution < 1.29 is 9.53 Å². The van der Waals surface area contributed by atoms with Crippen molar-refractivity contribution in [1.82, 2.24) is 4.90 Å². The van der Waals surface area contributed by atoms with E-state index in [0.717, 1.165) is 44.8 Å². The Morgan fingerprint density at radius 3 is 2.41 bits per heavy atom. The lowest BCUT2D eigenvalue weighted by Crippen LogP contribution is -2.38. The number of rotatable bonds is 5. The van der Waals surface area contributed by atoms with Gasteiger partial charge in [-0.25, -0.2) is 0 Å². The van der Waals surface area contributed by atoms with Gasteiger partial charge in [0.1, 0.15) is 0 Å². The molecule has 0 aromatic rings. The molecule has 0 saturated carbocycles. The molecular formula is C11H24Cl2N2O2. The molecule has 0 atom stereocenters. The summed E-state index contributed by atoms with van der Waals surface area (Å²) in [4.78, 5) is 13.4. The van der Waals surface area contributed by atoms with Crippen LogP contribution in [0.25, 0.3) is 0 Å². The molecule has 0 unspecified atom stereocenters. The van der Waals surface area contributed by atoms with Crippen LogP contribution in [0.3, 0.4) is 0 Å². The number of esters is 1. The van der Waals surface area contributed by atoms with E-state index >= 15 is 0 Å². The van der Waals surface area contributed by atoms with Crippen LogP contribution >= 0.6 is 24.8 Å². The molecule has 17 heavy (non-hydrogen) atoms. The molecule has 0 bridgehead atoms. The Bertz CT molecular complexity index is 198. The van der Waals surface area contributed by atoms with E-state index in [4.69, 9.17) is 10.5 Å². The summed E-state index contributed by atoms with van der Waals surface area (Å²) in [5, 5.41) is 0. The minimum absolute atomic E-state index is 0. The number of nitrogens with two attached hydrogens (primary N) is 1. The van der Waals surface area contributed by atoms with Crippen LogP contribution < -0.4 is 5.73 Å². The van der Waals surface area contributed by atoms with Gasteiger partial charge in [0.2, 0.25) is 0 Å². The normalized spacial score (nSPS) is 16.8. The minimum atomic E-state index is -0.102. The van der Waals surface area contributed by atoms with E-state index in [1.165, 1.54) is 0 Å². The maximum Gasteiger partial charge on any atom is 0.320 e. The minimum Gasteiger partial charge on any atom is -0.465 e. The van der Waals surface area contributed by atoms with Gasteiger partial charge >= 0.3 is 5.97 Å². The molecule has 1 heterocycles. The van der Waals surface area contributed by atoms with Crippen molar-refractivity contribution in [2.24, 2.45) is 11.7 Å². The standard InChI is InChI=1S/C11H22N2O2.2ClH/c1-2-15-11(14)9-13-7-4-10(3-6-12)5-8-13;;/h10H,2-9,12H2,1H3;2*1H. The van der Waals surface area contributed by atoms with Gasteiger partial charge in [-0.2, -0.15) is 0 Å². The van der Waals surface area contributed by atoms with Gasteiger partial charge in [-0.05, 0) is 51.7 Å². The maximum absolute atomic E-state index is 11.2. The molecule has 6 heteroatoms. The lowest BCUT2D eigenvalue weighted by atomic mass is 9.94. The predicted octanol–water partition coefficient (Wildman–Crippen LogP) is 1.45. The first-order valence-corrected chi connectivity index (χ1v) is 5.84. The third kappa shape index (κ3) is 7.82. The number of hydrogen-bond acceptors (Lipinski definition) is 4. The van der Waals surface area contributed by atoms with E-state index in [-0.39, 0.29) is 30.8 Å². The molecule has 1 aliphatic rings. The van der Waals surface area contributed by atoms with Crippen molar-refractivity contribution in [3.8, 4) is 0 Å². The van der Waals surface area contributed by atoms with Crippen LogP contribution in [0, 0.1) is 5.92 Å². The van der Waals surface area contributed by atoms with Crippen molar-refractivity contribution in [3.63, 3.8) is 0 Å². The maximum atomic E-state index is 11.2. The van der Waals surface area contributed by atoms with E-state index in [9.17, 15) is 4.79 Å². The first-order valence-electron chi connectivity index (χ1n) is 5.84. The van der Waals surface area contributed by atoms with Gasteiger partial charge in [0.25, 0.3) is 0 Å². The fourth-order valence-corrected chi connectivity index (χ4v) is 2.06. The number of halogens is 2. The average Bonchev–Trinajstić information content (AvgIpc) is 2.22. The Morgan fingerprint density at radius 1 is 1.35 bits per heavy atom. The number of carbonyl (C=O) groups excluding carboxylic acids is 1. The summed E-state index contributed by atoms with van der Waals surface area (Å²) in [5.74, 6) is 0.656. The molecule has 0 amide bonds. The summed E-state index contributed by atoms with van der Waals surface area (Å²) in [6.45, 7) is 5.55. The topological polar surface area (TPSA) is 55.6 Å². The summed E-state index contributed by atoms with van der Waals surface area (Å²) in [7, 11) is 0. The molecule has 1 saturated heterocycles. The predicted molar refractivity (Wildman–Crippen MR) is 74.0 cm³/mol. The van der Waals surface area contributed by atoms with E-state index in [2.05, 4.69) is 4.90 Å². The highest BCUT2D eigenvalue weighted by molar-refractivity contribution is 5.85. The van der Waals surface area contributed by atoms with Crippen molar-refractivity contribution in [3.05, 3.63) is 0 Å². The zero-order chi connectivity index (χ0) is 11.1. The molecule has 2 N–H and O–H groups in total. The lowest BCUT2D eigenvalue weighted by molar-refractivity contribution is -0.144. The van der Waals surface area contributed by atoms with Crippen molar-refractivity contribution in [2.75, 3.05) is 32.8 Å². The molecule has 1 rings (SSSR count). The highest BCUT2D eigenvalue weighted by Gasteiger charge is 2.20. The number of carbonyl (C=O) groups is 1. The Labute approximate surface area is 116 Å². The largest absolute Gasteiger partial charge is 0.465 e. The van der Waals surface area contributed by atoms with E-state index in [0.29, 0.717) is 13.2 Å². The Kier molecular flexibility index (Phi) is 12.6. The summed E-state index contributed by atoms with van der Waals surface area (Å²) < 4.78 is 4.92. The average molecular weight is 287 g/mol. The lowest BCUT2D eigenvalue weighted by Gasteiger charge is -2.30. The van der Waals surface area contributed by atoms with Gasteiger partial charge in [0, 0.05) is 0 Å². The van der Waals surface area contributed by atoms with Gasteiger partial charge in [0.05, 0.1) is 13.2 Å². The van der Waals surface area contributed by atoms with Crippen LogP contribution in [0.2, 0.25) is 0 Å². The molecule has 0 aromatic carbocycles. The molecule has 4 nitrogen and oxygen atoms in total. The highest BCUT2D eigenvalue weighted by Crippen LogP contribution is 2.19. The first-order chi connectivity index (χ1) is 7.26. The summed E-state index contributed by atoms with van der Waals surface area (Å²) >= 11 is 0. The van der Waals surface area contributed by atoms with Crippen molar-refractivity contribution in [1.29, 1.82) is 0 Å². The number of hydrogen-bond donors (Lipinski definition) is 1. The van der Waals surface area contributed by atoms with Gasteiger partial charge < -0.3 is 10.5 Å². The third-order valence-electron chi connectivity index (χ3n) is 2.94. The third-order valence-corrected chi connectivity index (χ3v) is 2.94. The zero-order valence-corrected chi connectivity index (χ0v) is 12.0. The van der Waals surface area contributed by atoms with Crippen LogP contribution in [0.15, 0.2) is 0 Å². The number of piperidine rings is 1. The van der Waals surface area contributed by atoms with Crippen molar-refractivity contribution in [2.45, 2.75) is 26.2 Å². The van der Waals surface area contributed by atoms with E-state index < -0.39 is 0 Å². The van der Waals surface area contributed by atoms with Gasteiger partial charge in [-0.15, -0.1) is 24.8 Å². The van der Waals surface area contributed by atoms with Gasteiger partial charge in [-0.1, -0.05) is 0 Å². The number of likely N-dealkylation sites (tertiary alicyclic amines) is 1. The van der Waals surface area contributed by atoms with Gasteiger partial charge in [0.15, 0.2) is 0 Å². The van der Waals surface area contributed by atoms with Crippen LogP contribution in [-0.4, -0.2) is 43.7 Å². The van der Waals surface area contributed by atoms with Crippen LogP contribution in [0.1, 0.15) is 26.2 Å². The molecule has 0 aliphatic carbocycles. The fourth-order valence-electron chi connectivity index (χ4n) is 2.06. The fraction of sp³-hybridized carbons (Fsp3) is 0.909. The second-order valence-electron chi connectivity index (χ2n) is 4.10. The highest BCUT2D eigenvalue weighted by atomic mass is 35.5. The smallest absolute Gasteiger partial charge is 0.320 e.